The first-order chi connectivity index (χ1) is 13.4. The highest BCUT2D eigenvalue weighted by atomic mass is 79.9. The molecular weight excluding hydrogens is 442 g/mol. The van der Waals surface area contributed by atoms with Crippen LogP contribution in [0.1, 0.15) is 35.7 Å². The number of halogens is 1. The number of aryl methyl sites for hydroxylation is 1. The molecule has 6 nitrogen and oxygen atoms in total. The summed E-state index contributed by atoms with van der Waals surface area (Å²) in [6, 6.07) is 7.44. The van der Waals surface area contributed by atoms with Gasteiger partial charge in [0.25, 0.3) is 11.4 Å². The maximum absolute atomic E-state index is 13.4. The molecule has 0 aliphatic carbocycles. The Morgan fingerprint density at radius 1 is 1.46 bits per heavy atom. The van der Waals surface area contributed by atoms with Crippen LogP contribution < -0.4 is 4.65 Å². The number of hydrogen-bond acceptors (Lipinski definition) is 6. The quantitative estimate of drug-likeness (QED) is 0.195. The number of esters is 1. The fourth-order valence-corrected chi connectivity index (χ4v) is 4.47. The van der Waals surface area contributed by atoms with Crippen molar-refractivity contribution in [1.82, 2.24) is 14.5 Å². The van der Waals surface area contributed by atoms with Crippen molar-refractivity contribution in [1.29, 1.82) is 0 Å². The molecule has 3 rings (SSSR count). The highest BCUT2D eigenvalue weighted by Crippen LogP contribution is 2.36. The van der Waals surface area contributed by atoms with Crippen LogP contribution >= 0.6 is 27.3 Å². The van der Waals surface area contributed by atoms with E-state index < -0.39 is 16.8 Å². The van der Waals surface area contributed by atoms with E-state index in [4.69, 9.17) is 4.74 Å². The topological polar surface area (TPSA) is 65.5 Å². The van der Waals surface area contributed by atoms with Crippen molar-refractivity contribution < 1.29 is 9.53 Å². The first kappa shape index (κ1) is 21.1. The van der Waals surface area contributed by atoms with Gasteiger partial charge in [0.05, 0.1) is 22.1 Å². The molecule has 1 fully saturated rings. The summed E-state index contributed by atoms with van der Waals surface area (Å²) in [6.45, 7) is 2.59. The number of hydroxylamine groups is 2. The summed E-state index contributed by atoms with van der Waals surface area (Å²) in [7, 11) is 1.84. The van der Waals surface area contributed by atoms with Gasteiger partial charge >= 0.3 is 5.97 Å². The highest BCUT2D eigenvalue weighted by Gasteiger charge is 2.44. The number of benzene rings is 1. The van der Waals surface area contributed by atoms with Crippen molar-refractivity contribution in [3.63, 3.8) is 0 Å². The largest absolute Gasteiger partial charge is 0.622 e. The molecule has 1 aromatic heterocycles. The molecule has 2 heterocycles. The first-order valence-corrected chi connectivity index (χ1v) is 10.8. The lowest BCUT2D eigenvalue weighted by Gasteiger charge is -2.38. The first-order valence-electron chi connectivity index (χ1n) is 9.22. The lowest BCUT2D eigenvalue weighted by Crippen LogP contribution is -2.50. The van der Waals surface area contributed by atoms with Crippen molar-refractivity contribution in [3.05, 3.63) is 62.7 Å². The van der Waals surface area contributed by atoms with E-state index in [1.165, 1.54) is 16.9 Å². The van der Waals surface area contributed by atoms with Gasteiger partial charge in [0, 0.05) is 0 Å². The number of rotatable bonds is 7. The van der Waals surface area contributed by atoms with Crippen molar-refractivity contribution in [2.24, 2.45) is 0 Å². The van der Waals surface area contributed by atoms with E-state index in [0.29, 0.717) is 17.2 Å². The predicted octanol–water partition coefficient (Wildman–Crippen LogP) is 4.70. The van der Waals surface area contributed by atoms with Crippen molar-refractivity contribution >= 4 is 38.4 Å². The third-order valence-corrected chi connectivity index (χ3v) is 6.27. The zero-order valence-corrected chi connectivity index (χ0v) is 18.4. The van der Waals surface area contributed by atoms with Crippen LogP contribution in [0.2, 0.25) is 0 Å². The Bertz CT molecular complexity index is 839. The SMILES string of the molecule is CC=CCCCc1ccc(C(=O)OC2CN(C)C[N+]2([O-])c2ncc(Br)s2)cc1. The smallest absolute Gasteiger partial charge is 0.342 e. The van der Waals surface area contributed by atoms with Crippen LogP contribution in [0.4, 0.5) is 5.13 Å². The van der Waals surface area contributed by atoms with E-state index >= 15 is 0 Å². The van der Waals surface area contributed by atoms with Gasteiger partial charge in [-0.05, 0) is 78.2 Å². The molecular formula is C20H24BrN3O3S. The van der Waals surface area contributed by atoms with Crippen LogP contribution in [-0.2, 0) is 11.2 Å². The van der Waals surface area contributed by atoms with Crippen LogP contribution in [0, 0.1) is 5.21 Å². The number of nitrogens with zero attached hydrogens (tertiary/aromatic N) is 3. The third kappa shape index (κ3) is 4.87. The zero-order chi connectivity index (χ0) is 20.1. The Kier molecular flexibility index (Phi) is 7.00. The second kappa shape index (κ2) is 9.28. The molecule has 150 valence electrons. The Hall–Kier alpha value is -1.58. The number of likely N-dealkylation sites (N-methyl/N-ethyl adjacent to an activating group) is 1. The molecule has 1 aliphatic heterocycles. The fourth-order valence-electron chi connectivity index (χ4n) is 3.22. The molecule has 2 aromatic rings. The highest BCUT2D eigenvalue weighted by molar-refractivity contribution is 9.11. The Balaban J connectivity index is 1.66. The minimum absolute atomic E-state index is 0.197. The minimum atomic E-state index is -0.837. The summed E-state index contributed by atoms with van der Waals surface area (Å²) in [5.41, 5.74) is 1.64. The lowest BCUT2D eigenvalue weighted by molar-refractivity contribution is 0.00570. The van der Waals surface area contributed by atoms with Gasteiger partial charge in [-0.2, -0.15) is 4.98 Å². The molecule has 1 saturated heterocycles. The summed E-state index contributed by atoms with van der Waals surface area (Å²) in [5.74, 6) is -0.477. The average Bonchev–Trinajstić information content (AvgIpc) is 3.23. The number of thiazole rings is 1. The maximum atomic E-state index is 13.4. The number of unbranched alkanes of at least 4 members (excludes halogenated alkanes) is 1. The number of allylic oxidation sites excluding steroid dienone is 2. The molecule has 1 aromatic carbocycles. The normalized spacial score (nSPS) is 22.8. The average molecular weight is 466 g/mol. The monoisotopic (exact) mass is 465 g/mol. The van der Waals surface area contributed by atoms with Crippen LogP contribution in [0.5, 0.6) is 0 Å². The van der Waals surface area contributed by atoms with Gasteiger partial charge in [0.2, 0.25) is 0 Å². The van der Waals surface area contributed by atoms with Crippen LogP contribution in [0.15, 0.2) is 46.4 Å². The molecule has 0 spiro atoms. The summed E-state index contributed by atoms with van der Waals surface area (Å²) in [5, 5.41) is 13.8. The van der Waals surface area contributed by atoms with Crippen LogP contribution in [0.25, 0.3) is 0 Å². The van der Waals surface area contributed by atoms with Crippen molar-refractivity contribution in [2.75, 3.05) is 20.3 Å². The van der Waals surface area contributed by atoms with Gasteiger partial charge in [0.15, 0.2) is 0 Å². The lowest BCUT2D eigenvalue weighted by atomic mass is 10.1. The number of carbonyl (C=O) groups is 1. The Morgan fingerprint density at radius 3 is 2.86 bits per heavy atom. The zero-order valence-electron chi connectivity index (χ0n) is 16.0. The number of quaternary nitrogens is 1. The van der Waals surface area contributed by atoms with E-state index in [-0.39, 0.29) is 6.67 Å². The predicted molar refractivity (Wildman–Crippen MR) is 116 cm³/mol. The molecule has 2 atom stereocenters. The number of ether oxygens (including phenoxy) is 1. The van der Waals surface area contributed by atoms with Crippen LogP contribution in [-0.4, -0.2) is 42.3 Å². The minimum Gasteiger partial charge on any atom is -0.622 e. The standard InChI is InChI=1S/C20H24BrN3O3S/c1-3-4-5-6-7-15-8-10-16(11-9-15)19(25)27-18-13-23(2)14-24(18,26)20-22-12-17(21)28-20/h3-4,8-12,18H,5-7,13-14H2,1-2H3. The molecule has 0 bridgehead atoms. The summed E-state index contributed by atoms with van der Waals surface area (Å²) < 4.78 is 5.62. The van der Waals surface area contributed by atoms with E-state index in [2.05, 4.69) is 33.1 Å². The molecule has 2 unspecified atom stereocenters. The van der Waals surface area contributed by atoms with E-state index in [1.54, 1.807) is 18.3 Å². The molecule has 0 amide bonds. The van der Waals surface area contributed by atoms with Gasteiger partial charge in [-0.15, -0.1) is 0 Å². The number of aromatic nitrogens is 1. The van der Waals surface area contributed by atoms with E-state index in [1.807, 2.05) is 31.0 Å². The second-order valence-electron chi connectivity index (χ2n) is 6.94. The number of carbonyl (C=O) groups excluding carboxylic acids is 1. The molecule has 0 radical (unpaired) electrons. The van der Waals surface area contributed by atoms with Gasteiger partial charge in [-0.3, -0.25) is 4.65 Å². The van der Waals surface area contributed by atoms with Gasteiger partial charge in [-0.25, -0.2) is 9.69 Å². The van der Waals surface area contributed by atoms with Crippen molar-refractivity contribution in [3.8, 4) is 0 Å². The molecule has 1 aliphatic rings. The van der Waals surface area contributed by atoms with Crippen molar-refractivity contribution in [2.45, 2.75) is 32.4 Å². The molecule has 0 saturated carbocycles. The van der Waals surface area contributed by atoms with E-state index in [0.717, 1.165) is 23.0 Å². The van der Waals surface area contributed by atoms with Gasteiger partial charge < -0.3 is 9.94 Å². The Labute approximate surface area is 177 Å². The summed E-state index contributed by atoms with van der Waals surface area (Å²) in [6.07, 6.45) is 8.05. The Morgan fingerprint density at radius 2 is 2.21 bits per heavy atom. The molecule has 0 N–H and O–H groups in total. The summed E-state index contributed by atoms with van der Waals surface area (Å²) in [4.78, 5) is 18.7. The fraction of sp³-hybridized carbons (Fsp3) is 0.400. The summed E-state index contributed by atoms with van der Waals surface area (Å²) >= 11 is 4.61. The van der Waals surface area contributed by atoms with Gasteiger partial charge in [-0.1, -0.05) is 24.3 Å². The maximum Gasteiger partial charge on any atom is 0.342 e. The van der Waals surface area contributed by atoms with Crippen LogP contribution in [0.3, 0.4) is 0 Å². The number of hydrogen-bond donors (Lipinski definition) is 0. The molecule has 8 heteroatoms. The third-order valence-electron chi connectivity index (χ3n) is 4.68. The van der Waals surface area contributed by atoms with E-state index in [9.17, 15) is 10.0 Å². The molecule has 28 heavy (non-hydrogen) atoms. The van der Waals surface area contributed by atoms with Gasteiger partial charge in [0.1, 0.15) is 6.67 Å². The second-order valence-corrected chi connectivity index (χ2v) is 9.33.